The molecular formula is C13H12BrN3S. The van der Waals surface area contributed by atoms with E-state index in [0.29, 0.717) is 11.5 Å². The Morgan fingerprint density at radius 1 is 1.56 bits per heavy atom. The Hall–Kier alpha value is -1.38. The molecule has 0 aliphatic rings. The highest BCUT2D eigenvalue weighted by atomic mass is 79.9. The van der Waals surface area contributed by atoms with Gasteiger partial charge in [-0.05, 0) is 34.1 Å². The predicted molar refractivity (Wildman–Crippen MR) is 77.9 cm³/mol. The Bertz CT molecular complexity index is 560. The molecule has 92 valence electrons. The first-order valence-corrected chi connectivity index (χ1v) is 7.21. The van der Waals surface area contributed by atoms with Crippen LogP contribution in [0.2, 0.25) is 0 Å². The minimum atomic E-state index is 0.368. The van der Waals surface area contributed by atoms with Crippen LogP contribution in [-0.2, 0) is 0 Å². The summed E-state index contributed by atoms with van der Waals surface area (Å²) >= 11 is 5.13. The maximum absolute atomic E-state index is 8.80. The monoisotopic (exact) mass is 321 g/mol. The molecule has 0 aliphatic heterocycles. The van der Waals surface area contributed by atoms with Crippen LogP contribution in [0, 0.1) is 11.3 Å². The number of thiazole rings is 1. The molecule has 1 aromatic carbocycles. The van der Waals surface area contributed by atoms with Crippen molar-refractivity contribution in [3.63, 3.8) is 0 Å². The summed E-state index contributed by atoms with van der Waals surface area (Å²) in [5, 5.41) is 15.3. The van der Waals surface area contributed by atoms with Gasteiger partial charge in [0.25, 0.3) is 0 Å². The number of anilines is 1. The maximum Gasteiger partial charge on any atom is 0.0992 e. The van der Waals surface area contributed by atoms with Crippen molar-refractivity contribution in [3.8, 4) is 6.07 Å². The maximum atomic E-state index is 8.80. The van der Waals surface area contributed by atoms with Gasteiger partial charge in [0, 0.05) is 34.2 Å². The zero-order valence-electron chi connectivity index (χ0n) is 9.85. The molecule has 5 heteroatoms. The summed E-state index contributed by atoms with van der Waals surface area (Å²) in [7, 11) is 0. The molecule has 0 amide bonds. The summed E-state index contributed by atoms with van der Waals surface area (Å²) < 4.78 is 0.910. The van der Waals surface area contributed by atoms with Gasteiger partial charge in [-0.3, -0.25) is 0 Å². The molecule has 1 atom stereocenters. The number of hydrogen-bond acceptors (Lipinski definition) is 4. The van der Waals surface area contributed by atoms with E-state index in [4.69, 9.17) is 5.26 Å². The lowest BCUT2D eigenvalue weighted by molar-refractivity contribution is 0.794. The van der Waals surface area contributed by atoms with Crippen LogP contribution in [-0.4, -0.2) is 11.5 Å². The Kier molecular flexibility index (Phi) is 4.34. The minimum Gasteiger partial charge on any atom is -0.383 e. The smallest absolute Gasteiger partial charge is 0.0992 e. The molecule has 0 aliphatic carbocycles. The third-order valence-electron chi connectivity index (χ3n) is 2.57. The highest BCUT2D eigenvalue weighted by Crippen LogP contribution is 2.25. The Morgan fingerprint density at radius 3 is 3.00 bits per heavy atom. The van der Waals surface area contributed by atoms with Crippen molar-refractivity contribution < 1.29 is 0 Å². The molecule has 1 aromatic heterocycles. The van der Waals surface area contributed by atoms with Crippen molar-refractivity contribution in [3.05, 3.63) is 44.8 Å². The lowest BCUT2D eigenvalue weighted by Gasteiger charge is -2.12. The van der Waals surface area contributed by atoms with E-state index in [1.807, 2.05) is 23.7 Å². The van der Waals surface area contributed by atoms with Crippen LogP contribution in [0.25, 0.3) is 0 Å². The zero-order valence-corrected chi connectivity index (χ0v) is 12.3. The number of nitriles is 1. The standard InChI is InChI=1S/C13H12BrN3S/c1-9(13-16-4-5-18-13)8-17-12-3-2-10(7-15)6-11(12)14/h2-6,9,17H,8H2,1H3. The molecule has 0 fully saturated rings. The van der Waals surface area contributed by atoms with Gasteiger partial charge in [-0.25, -0.2) is 4.98 Å². The van der Waals surface area contributed by atoms with E-state index in [9.17, 15) is 0 Å². The van der Waals surface area contributed by atoms with Gasteiger partial charge >= 0.3 is 0 Å². The molecule has 0 saturated carbocycles. The van der Waals surface area contributed by atoms with Crippen molar-refractivity contribution in [2.75, 3.05) is 11.9 Å². The number of nitrogens with one attached hydrogen (secondary N) is 1. The fourth-order valence-corrected chi connectivity index (χ4v) is 2.77. The van der Waals surface area contributed by atoms with E-state index in [0.717, 1.165) is 21.7 Å². The highest BCUT2D eigenvalue weighted by molar-refractivity contribution is 9.10. The molecule has 3 nitrogen and oxygen atoms in total. The van der Waals surface area contributed by atoms with Crippen molar-refractivity contribution in [1.29, 1.82) is 5.26 Å². The molecule has 0 radical (unpaired) electrons. The van der Waals surface area contributed by atoms with E-state index in [1.54, 1.807) is 17.4 Å². The van der Waals surface area contributed by atoms with E-state index < -0.39 is 0 Å². The molecule has 18 heavy (non-hydrogen) atoms. The van der Waals surface area contributed by atoms with Gasteiger partial charge in [0.15, 0.2) is 0 Å². The molecule has 2 rings (SSSR count). The molecule has 0 saturated heterocycles. The fourth-order valence-electron chi connectivity index (χ4n) is 1.56. The second kappa shape index (κ2) is 5.98. The van der Waals surface area contributed by atoms with Crippen LogP contribution < -0.4 is 5.32 Å². The van der Waals surface area contributed by atoms with E-state index in [1.165, 1.54) is 0 Å². The summed E-state index contributed by atoms with van der Waals surface area (Å²) in [6, 6.07) is 7.65. The van der Waals surface area contributed by atoms with Gasteiger partial charge in [-0.1, -0.05) is 6.92 Å². The molecule has 1 unspecified atom stereocenters. The van der Waals surface area contributed by atoms with Crippen LogP contribution in [0.5, 0.6) is 0 Å². The first-order chi connectivity index (χ1) is 8.70. The summed E-state index contributed by atoms with van der Waals surface area (Å²) in [5.74, 6) is 0.368. The number of aromatic nitrogens is 1. The minimum absolute atomic E-state index is 0.368. The van der Waals surface area contributed by atoms with E-state index >= 15 is 0 Å². The second-order valence-electron chi connectivity index (χ2n) is 3.96. The summed E-state index contributed by atoms with van der Waals surface area (Å²) in [6.45, 7) is 2.96. The highest BCUT2D eigenvalue weighted by Gasteiger charge is 2.08. The van der Waals surface area contributed by atoms with Crippen molar-refractivity contribution >= 4 is 33.0 Å². The number of benzene rings is 1. The number of hydrogen-bond donors (Lipinski definition) is 1. The quantitative estimate of drug-likeness (QED) is 0.926. The molecular weight excluding hydrogens is 310 g/mol. The van der Waals surface area contributed by atoms with Gasteiger partial charge in [0.2, 0.25) is 0 Å². The fraction of sp³-hybridized carbons (Fsp3) is 0.231. The third kappa shape index (κ3) is 3.09. The van der Waals surface area contributed by atoms with Crippen molar-refractivity contribution in [2.45, 2.75) is 12.8 Å². The van der Waals surface area contributed by atoms with Crippen LogP contribution in [0.3, 0.4) is 0 Å². The van der Waals surface area contributed by atoms with Gasteiger partial charge < -0.3 is 5.32 Å². The number of rotatable bonds is 4. The largest absolute Gasteiger partial charge is 0.383 e. The second-order valence-corrected chi connectivity index (χ2v) is 5.74. The predicted octanol–water partition coefficient (Wildman–Crippen LogP) is 3.99. The molecule has 1 heterocycles. The van der Waals surface area contributed by atoms with Crippen molar-refractivity contribution in [1.82, 2.24) is 4.98 Å². The van der Waals surface area contributed by atoms with Crippen LogP contribution in [0.4, 0.5) is 5.69 Å². The van der Waals surface area contributed by atoms with Gasteiger partial charge in [0.1, 0.15) is 0 Å². The number of nitrogens with zero attached hydrogens (tertiary/aromatic N) is 2. The lowest BCUT2D eigenvalue weighted by Crippen LogP contribution is -2.09. The normalized spacial score (nSPS) is 11.8. The van der Waals surface area contributed by atoms with Gasteiger partial charge in [-0.15, -0.1) is 11.3 Å². The van der Waals surface area contributed by atoms with Gasteiger partial charge in [-0.2, -0.15) is 5.26 Å². The topological polar surface area (TPSA) is 48.7 Å². The van der Waals surface area contributed by atoms with Crippen LogP contribution in [0.1, 0.15) is 23.4 Å². The Labute approximate surface area is 119 Å². The Balaban J connectivity index is 2.00. The summed E-state index contributed by atoms with van der Waals surface area (Å²) in [4.78, 5) is 4.30. The van der Waals surface area contributed by atoms with Crippen molar-refractivity contribution in [2.24, 2.45) is 0 Å². The first kappa shape index (κ1) is 13.1. The van der Waals surface area contributed by atoms with E-state index in [-0.39, 0.29) is 0 Å². The third-order valence-corrected chi connectivity index (χ3v) is 4.23. The summed E-state index contributed by atoms with van der Waals surface area (Å²) in [5.41, 5.74) is 1.65. The van der Waals surface area contributed by atoms with Crippen LogP contribution >= 0.6 is 27.3 Å². The lowest BCUT2D eigenvalue weighted by atomic mass is 10.2. The molecule has 1 N–H and O–H groups in total. The van der Waals surface area contributed by atoms with Gasteiger partial charge in [0.05, 0.1) is 16.6 Å². The van der Waals surface area contributed by atoms with Crippen LogP contribution in [0.15, 0.2) is 34.2 Å². The molecule has 0 spiro atoms. The summed E-state index contributed by atoms with van der Waals surface area (Å²) in [6.07, 6.45) is 1.83. The molecule has 0 bridgehead atoms. The Morgan fingerprint density at radius 2 is 2.39 bits per heavy atom. The zero-order chi connectivity index (χ0) is 13.0. The SMILES string of the molecule is CC(CNc1ccc(C#N)cc1Br)c1nccs1. The first-order valence-electron chi connectivity index (χ1n) is 5.53. The average molecular weight is 322 g/mol. The van der Waals surface area contributed by atoms with E-state index in [2.05, 4.69) is 39.2 Å². The average Bonchev–Trinajstić information content (AvgIpc) is 2.90. The molecule has 2 aromatic rings. The number of halogens is 1.